The number of aliphatic carboxylic acids is 1. The number of nitrogens with two attached hydrogens (primary N) is 1. The second kappa shape index (κ2) is 5.27. The molecule has 0 saturated heterocycles. The van der Waals surface area contributed by atoms with Gasteiger partial charge in [0.25, 0.3) is 0 Å². The number of hydrogen-bond donors (Lipinski definition) is 4. The van der Waals surface area contributed by atoms with Crippen LogP contribution in [-0.2, 0) is 9.59 Å². The van der Waals surface area contributed by atoms with Crippen LogP contribution in [0, 0.1) is 5.41 Å². The van der Waals surface area contributed by atoms with Crippen molar-refractivity contribution in [2.24, 2.45) is 11.1 Å². The van der Waals surface area contributed by atoms with Gasteiger partial charge in [-0.3, -0.25) is 4.79 Å². The Kier molecular flexibility index (Phi) is 4.26. The minimum absolute atomic E-state index is 0.0156. The van der Waals surface area contributed by atoms with E-state index in [9.17, 15) is 9.59 Å². The Morgan fingerprint density at radius 3 is 2.44 bits per heavy atom. The lowest BCUT2D eigenvalue weighted by atomic mass is 9.68. The Morgan fingerprint density at radius 1 is 1.44 bits per heavy atom. The molecule has 0 bridgehead atoms. The minimum atomic E-state index is -1.42. The van der Waals surface area contributed by atoms with Crippen LogP contribution in [0.15, 0.2) is 0 Å². The van der Waals surface area contributed by atoms with E-state index in [1.807, 2.05) is 0 Å². The van der Waals surface area contributed by atoms with Gasteiger partial charge in [0.15, 0.2) is 6.10 Å². The van der Waals surface area contributed by atoms with Gasteiger partial charge in [-0.15, -0.1) is 0 Å². The predicted octanol–water partition coefficient (Wildman–Crippen LogP) is -0.933. The summed E-state index contributed by atoms with van der Waals surface area (Å²) in [7, 11) is 0. The Balaban J connectivity index is 2.27. The maximum Gasteiger partial charge on any atom is 0.332 e. The van der Waals surface area contributed by atoms with Crippen molar-refractivity contribution >= 4 is 11.9 Å². The van der Waals surface area contributed by atoms with Gasteiger partial charge in [0.2, 0.25) is 5.91 Å². The van der Waals surface area contributed by atoms with Gasteiger partial charge in [-0.25, -0.2) is 4.79 Å². The van der Waals surface area contributed by atoms with Crippen LogP contribution in [0.5, 0.6) is 0 Å². The molecular weight excluding hydrogens is 212 g/mol. The summed E-state index contributed by atoms with van der Waals surface area (Å²) in [4.78, 5) is 22.0. The van der Waals surface area contributed by atoms with E-state index in [1.54, 1.807) is 0 Å². The van der Waals surface area contributed by atoms with Crippen molar-refractivity contribution in [2.75, 3.05) is 13.1 Å². The van der Waals surface area contributed by atoms with Gasteiger partial charge in [-0.05, 0) is 12.8 Å². The first kappa shape index (κ1) is 12.9. The number of hydrogen-bond acceptors (Lipinski definition) is 4. The first-order chi connectivity index (χ1) is 7.52. The lowest BCUT2D eigenvalue weighted by molar-refractivity contribution is -0.147. The van der Waals surface area contributed by atoms with E-state index in [0.717, 1.165) is 19.3 Å². The molecule has 16 heavy (non-hydrogen) atoms. The van der Waals surface area contributed by atoms with E-state index in [2.05, 4.69) is 5.32 Å². The number of aliphatic hydroxyl groups excluding tert-OH is 1. The zero-order valence-electron chi connectivity index (χ0n) is 9.11. The Bertz CT molecular complexity index is 270. The third-order valence-electron chi connectivity index (χ3n) is 3.17. The van der Waals surface area contributed by atoms with Crippen LogP contribution in [-0.4, -0.2) is 41.3 Å². The molecule has 6 heteroatoms. The van der Waals surface area contributed by atoms with Gasteiger partial charge in [0.1, 0.15) is 0 Å². The van der Waals surface area contributed by atoms with E-state index >= 15 is 0 Å². The van der Waals surface area contributed by atoms with Gasteiger partial charge in [-0.2, -0.15) is 0 Å². The SMILES string of the molecule is NCC1(C(=O)NCCC(O)C(=O)O)CCC1. The number of carboxylic acid groups (broad SMARTS) is 1. The first-order valence-electron chi connectivity index (χ1n) is 5.41. The fourth-order valence-electron chi connectivity index (χ4n) is 1.76. The molecule has 0 radical (unpaired) electrons. The summed E-state index contributed by atoms with van der Waals surface area (Å²) in [5.41, 5.74) is 5.09. The number of amides is 1. The average Bonchev–Trinajstić information content (AvgIpc) is 2.16. The molecule has 0 aromatic rings. The van der Waals surface area contributed by atoms with E-state index in [0.29, 0.717) is 6.54 Å². The molecule has 1 amide bonds. The normalized spacial score (nSPS) is 19.6. The standard InChI is InChI=1S/C10H18N2O4/c11-6-10(3-1-4-10)9(16)12-5-2-7(13)8(14)15/h7,13H,1-6,11H2,(H,12,16)(H,14,15). The van der Waals surface area contributed by atoms with Gasteiger partial charge < -0.3 is 21.3 Å². The molecule has 0 aromatic carbocycles. The monoisotopic (exact) mass is 230 g/mol. The highest BCUT2D eigenvalue weighted by atomic mass is 16.4. The smallest absolute Gasteiger partial charge is 0.332 e. The largest absolute Gasteiger partial charge is 0.479 e. The van der Waals surface area contributed by atoms with Crippen LogP contribution in [0.2, 0.25) is 0 Å². The van der Waals surface area contributed by atoms with Crippen molar-refractivity contribution in [3.63, 3.8) is 0 Å². The molecule has 6 nitrogen and oxygen atoms in total. The Hall–Kier alpha value is -1.14. The molecule has 1 unspecified atom stereocenters. The summed E-state index contributed by atoms with van der Waals surface area (Å²) in [5.74, 6) is -1.40. The number of carboxylic acids is 1. The van der Waals surface area contributed by atoms with E-state index < -0.39 is 17.5 Å². The molecule has 1 fully saturated rings. The third-order valence-corrected chi connectivity index (χ3v) is 3.17. The zero-order valence-corrected chi connectivity index (χ0v) is 9.11. The Labute approximate surface area is 93.8 Å². The van der Waals surface area contributed by atoms with Crippen LogP contribution < -0.4 is 11.1 Å². The molecule has 0 spiro atoms. The van der Waals surface area contributed by atoms with Crippen molar-refractivity contribution < 1.29 is 19.8 Å². The topological polar surface area (TPSA) is 113 Å². The maximum absolute atomic E-state index is 11.7. The van der Waals surface area contributed by atoms with Gasteiger partial charge in [0, 0.05) is 19.5 Å². The summed E-state index contributed by atoms with van der Waals surface area (Å²) in [6.45, 7) is 0.481. The van der Waals surface area contributed by atoms with Gasteiger partial charge in [-0.1, -0.05) is 6.42 Å². The zero-order chi connectivity index (χ0) is 12.2. The van der Waals surface area contributed by atoms with Crippen LogP contribution in [0.1, 0.15) is 25.7 Å². The second-order valence-electron chi connectivity index (χ2n) is 4.24. The molecule has 1 atom stereocenters. The number of aliphatic hydroxyl groups is 1. The van der Waals surface area contributed by atoms with Crippen LogP contribution in [0.3, 0.4) is 0 Å². The van der Waals surface area contributed by atoms with Crippen molar-refractivity contribution in [1.82, 2.24) is 5.32 Å². The number of carbonyl (C=O) groups excluding carboxylic acids is 1. The molecule has 1 saturated carbocycles. The molecule has 1 aliphatic carbocycles. The summed E-state index contributed by atoms with van der Waals surface area (Å²) in [6.07, 6.45) is 1.17. The summed E-state index contributed by atoms with van der Waals surface area (Å²) >= 11 is 0. The molecule has 0 heterocycles. The van der Waals surface area contributed by atoms with Crippen molar-refractivity contribution in [1.29, 1.82) is 0 Å². The lowest BCUT2D eigenvalue weighted by Crippen LogP contribution is -2.50. The van der Waals surface area contributed by atoms with Gasteiger partial charge in [0.05, 0.1) is 5.41 Å². The van der Waals surface area contributed by atoms with Crippen LogP contribution in [0.4, 0.5) is 0 Å². The molecule has 92 valence electrons. The highest BCUT2D eigenvalue weighted by molar-refractivity contribution is 5.83. The van der Waals surface area contributed by atoms with Crippen molar-refractivity contribution in [3.05, 3.63) is 0 Å². The van der Waals surface area contributed by atoms with Crippen LogP contribution in [0.25, 0.3) is 0 Å². The fourth-order valence-corrected chi connectivity index (χ4v) is 1.76. The number of rotatable bonds is 6. The van der Waals surface area contributed by atoms with E-state index in [1.165, 1.54) is 0 Å². The van der Waals surface area contributed by atoms with Crippen molar-refractivity contribution in [2.45, 2.75) is 31.8 Å². The van der Waals surface area contributed by atoms with Crippen LogP contribution >= 0.6 is 0 Å². The summed E-state index contributed by atoms with van der Waals surface area (Å²) in [6, 6.07) is 0. The number of nitrogens with one attached hydrogen (secondary N) is 1. The minimum Gasteiger partial charge on any atom is -0.479 e. The van der Waals surface area contributed by atoms with Gasteiger partial charge >= 0.3 is 5.97 Å². The molecule has 5 N–H and O–H groups in total. The first-order valence-corrected chi connectivity index (χ1v) is 5.41. The average molecular weight is 230 g/mol. The highest BCUT2D eigenvalue weighted by Crippen LogP contribution is 2.39. The summed E-state index contributed by atoms with van der Waals surface area (Å²) < 4.78 is 0. The van der Waals surface area contributed by atoms with E-state index in [4.69, 9.17) is 15.9 Å². The quantitative estimate of drug-likeness (QED) is 0.471. The Morgan fingerprint density at radius 2 is 2.06 bits per heavy atom. The predicted molar refractivity (Wildman–Crippen MR) is 56.6 cm³/mol. The van der Waals surface area contributed by atoms with Crippen molar-refractivity contribution in [3.8, 4) is 0 Å². The fraction of sp³-hybridized carbons (Fsp3) is 0.800. The molecular formula is C10H18N2O4. The lowest BCUT2D eigenvalue weighted by Gasteiger charge is -2.39. The highest BCUT2D eigenvalue weighted by Gasteiger charge is 2.42. The summed E-state index contributed by atoms with van der Waals surface area (Å²) in [5, 5.41) is 20.0. The van der Waals surface area contributed by atoms with E-state index in [-0.39, 0.29) is 18.9 Å². The molecule has 0 aliphatic heterocycles. The number of carbonyl (C=O) groups is 2. The molecule has 0 aromatic heterocycles. The third kappa shape index (κ3) is 2.70. The maximum atomic E-state index is 11.7. The molecule has 1 aliphatic rings. The second-order valence-corrected chi connectivity index (χ2v) is 4.24. The molecule has 1 rings (SSSR count).